The van der Waals surface area contributed by atoms with E-state index in [4.69, 9.17) is 0 Å². The van der Waals surface area contributed by atoms with Crippen LogP contribution in [0.3, 0.4) is 0 Å². The fourth-order valence-corrected chi connectivity index (χ4v) is 11.0. The lowest BCUT2D eigenvalue weighted by Gasteiger charge is -2.68. The average Bonchev–Trinajstić information content (AvgIpc) is 3.03. The molecule has 34 heavy (non-hydrogen) atoms. The molecule has 2 N–H and O–H groups in total. The van der Waals surface area contributed by atoms with Crippen LogP contribution in [0.2, 0.25) is 0 Å². The topological polar surface area (TPSA) is 57.5 Å². The van der Waals surface area contributed by atoms with Crippen molar-refractivity contribution < 1.29 is 15.0 Å². The molecule has 0 aromatic heterocycles. The number of hydrogen-bond donors (Lipinski definition) is 2. The lowest BCUT2D eigenvalue weighted by molar-refractivity contribution is -0.208. The van der Waals surface area contributed by atoms with Gasteiger partial charge in [0.05, 0.1) is 12.5 Å². The summed E-state index contributed by atoms with van der Waals surface area (Å²) in [5, 5.41) is 21.1. The standard InChI is InChI=1S/C31H54O3/c1-20(2)9-8-10-21(3)22-14-18-31(19-27(33)34)24-11-12-25-28(4,5)26(32)15-16-29(25,6)23(24)13-17-30(22,31)7/h20-26,32H,8-19H2,1-7H3,(H,33,34)/t21-,22-,23+,24-,25?,26+,29-,30-,31-/m1/s1. The fraction of sp³-hybridized carbons (Fsp3) is 0.968. The molecule has 0 radical (unpaired) electrons. The third-order valence-corrected chi connectivity index (χ3v) is 12.7. The van der Waals surface area contributed by atoms with E-state index in [1.54, 1.807) is 0 Å². The van der Waals surface area contributed by atoms with Crippen LogP contribution < -0.4 is 0 Å². The van der Waals surface area contributed by atoms with Crippen LogP contribution in [0.5, 0.6) is 0 Å². The van der Waals surface area contributed by atoms with Gasteiger partial charge >= 0.3 is 5.97 Å². The smallest absolute Gasteiger partial charge is 0.303 e. The van der Waals surface area contributed by atoms with E-state index < -0.39 is 5.97 Å². The predicted molar refractivity (Wildman–Crippen MR) is 139 cm³/mol. The molecule has 4 rings (SSSR count). The van der Waals surface area contributed by atoms with Gasteiger partial charge in [0.2, 0.25) is 0 Å². The van der Waals surface area contributed by atoms with Gasteiger partial charge in [-0.05, 0) is 109 Å². The first-order valence-corrected chi connectivity index (χ1v) is 14.7. The van der Waals surface area contributed by atoms with Crippen molar-refractivity contribution in [3.63, 3.8) is 0 Å². The highest BCUT2D eigenvalue weighted by atomic mass is 16.4. The zero-order valence-corrected chi connectivity index (χ0v) is 23.3. The Morgan fingerprint density at radius 1 is 0.882 bits per heavy atom. The van der Waals surface area contributed by atoms with Crippen LogP contribution in [0.15, 0.2) is 0 Å². The van der Waals surface area contributed by atoms with Crippen LogP contribution in [-0.2, 0) is 4.79 Å². The minimum Gasteiger partial charge on any atom is -0.481 e. The van der Waals surface area contributed by atoms with E-state index in [0.717, 1.165) is 31.6 Å². The minimum absolute atomic E-state index is 0.0399. The van der Waals surface area contributed by atoms with Crippen LogP contribution in [0.4, 0.5) is 0 Å². The van der Waals surface area contributed by atoms with Gasteiger partial charge in [0, 0.05) is 0 Å². The number of carboxylic acid groups (broad SMARTS) is 1. The molecule has 3 nitrogen and oxygen atoms in total. The Morgan fingerprint density at radius 3 is 2.24 bits per heavy atom. The van der Waals surface area contributed by atoms with Crippen molar-refractivity contribution in [1.82, 2.24) is 0 Å². The summed E-state index contributed by atoms with van der Waals surface area (Å²) in [6.45, 7) is 16.8. The van der Waals surface area contributed by atoms with Gasteiger partial charge in [-0.15, -0.1) is 0 Å². The Kier molecular flexibility index (Phi) is 7.07. The quantitative estimate of drug-likeness (QED) is 0.393. The Hall–Kier alpha value is -0.570. The summed E-state index contributed by atoms with van der Waals surface area (Å²) in [5.41, 5.74) is 0.297. The molecule has 4 aliphatic carbocycles. The third-order valence-electron chi connectivity index (χ3n) is 12.7. The Balaban J connectivity index is 1.65. The van der Waals surface area contributed by atoms with Gasteiger partial charge in [0.25, 0.3) is 0 Å². The molecule has 4 aliphatic rings. The zero-order chi connectivity index (χ0) is 25.1. The van der Waals surface area contributed by atoms with Gasteiger partial charge in [-0.2, -0.15) is 0 Å². The van der Waals surface area contributed by atoms with Crippen LogP contribution >= 0.6 is 0 Å². The van der Waals surface area contributed by atoms with Gasteiger partial charge in [0.15, 0.2) is 0 Å². The van der Waals surface area contributed by atoms with E-state index in [-0.39, 0.29) is 27.8 Å². The molecule has 0 saturated heterocycles. The van der Waals surface area contributed by atoms with E-state index in [9.17, 15) is 15.0 Å². The third kappa shape index (κ3) is 3.90. The van der Waals surface area contributed by atoms with Crippen molar-refractivity contribution in [2.75, 3.05) is 0 Å². The Bertz CT molecular complexity index is 758. The molecule has 4 fully saturated rings. The first-order valence-electron chi connectivity index (χ1n) is 14.7. The average molecular weight is 475 g/mol. The lowest BCUT2D eigenvalue weighted by atomic mass is 9.37. The molecular formula is C31H54O3. The molecule has 4 saturated carbocycles. The number of carboxylic acids is 1. The Labute approximate surface area is 209 Å². The number of aliphatic hydroxyl groups excluding tert-OH is 1. The number of aliphatic carboxylic acids is 1. The largest absolute Gasteiger partial charge is 0.481 e. The van der Waals surface area contributed by atoms with Crippen LogP contribution in [0.25, 0.3) is 0 Å². The molecule has 0 aromatic rings. The number of fused-ring (bicyclic) bond motifs is 5. The maximum atomic E-state index is 12.4. The SMILES string of the molecule is CC(C)CCC[C@@H](C)[C@H]1CC[C@@]2(CC(=O)O)[C@@H]3CCC4C(C)(C)[C@@H](O)CC[C@]4(C)[C@H]3CC[C@]12C. The van der Waals surface area contributed by atoms with E-state index in [1.165, 1.54) is 44.9 Å². The van der Waals surface area contributed by atoms with E-state index in [2.05, 4.69) is 48.5 Å². The fourth-order valence-electron chi connectivity index (χ4n) is 11.0. The first-order chi connectivity index (χ1) is 15.8. The highest BCUT2D eigenvalue weighted by Gasteiger charge is 2.69. The van der Waals surface area contributed by atoms with Gasteiger partial charge in [0.1, 0.15) is 0 Å². The van der Waals surface area contributed by atoms with Crippen molar-refractivity contribution in [2.24, 2.45) is 57.2 Å². The minimum atomic E-state index is -0.577. The molecule has 0 bridgehead atoms. The molecule has 0 spiro atoms. The lowest BCUT2D eigenvalue weighted by Crippen LogP contribution is -2.62. The van der Waals surface area contributed by atoms with Crippen molar-refractivity contribution in [3.8, 4) is 0 Å². The number of carbonyl (C=O) groups is 1. The summed E-state index contributed by atoms with van der Waals surface area (Å²) >= 11 is 0. The van der Waals surface area contributed by atoms with E-state index in [0.29, 0.717) is 36.0 Å². The molecule has 0 aromatic carbocycles. The molecule has 0 amide bonds. The molecule has 3 heteroatoms. The second-order valence-corrected chi connectivity index (χ2v) is 14.9. The second-order valence-electron chi connectivity index (χ2n) is 14.9. The number of aliphatic hydroxyl groups is 1. The van der Waals surface area contributed by atoms with Crippen molar-refractivity contribution in [2.45, 2.75) is 132 Å². The molecule has 196 valence electrons. The van der Waals surface area contributed by atoms with Gasteiger partial charge in [-0.1, -0.05) is 67.7 Å². The van der Waals surface area contributed by atoms with Crippen LogP contribution in [0.1, 0.15) is 126 Å². The first kappa shape index (κ1) is 26.5. The summed E-state index contributed by atoms with van der Waals surface area (Å²) in [7, 11) is 0. The van der Waals surface area contributed by atoms with E-state index >= 15 is 0 Å². The second kappa shape index (κ2) is 9.07. The van der Waals surface area contributed by atoms with Crippen molar-refractivity contribution in [1.29, 1.82) is 0 Å². The predicted octanol–water partition coefficient (Wildman–Crippen LogP) is 7.95. The molecule has 1 unspecified atom stereocenters. The van der Waals surface area contributed by atoms with Crippen LogP contribution in [-0.4, -0.2) is 22.3 Å². The highest BCUT2D eigenvalue weighted by molar-refractivity contribution is 5.68. The Morgan fingerprint density at radius 2 is 1.59 bits per heavy atom. The summed E-state index contributed by atoms with van der Waals surface area (Å²) in [6.07, 6.45) is 13.2. The van der Waals surface area contributed by atoms with Gasteiger partial charge < -0.3 is 10.2 Å². The summed E-state index contributed by atoms with van der Waals surface area (Å²) in [5.74, 6) is 3.22. The summed E-state index contributed by atoms with van der Waals surface area (Å²) < 4.78 is 0. The zero-order valence-electron chi connectivity index (χ0n) is 23.3. The highest BCUT2D eigenvalue weighted by Crippen LogP contribution is 2.75. The molecule has 0 aliphatic heterocycles. The molecule has 9 atom stereocenters. The van der Waals surface area contributed by atoms with Gasteiger partial charge in [-0.25, -0.2) is 0 Å². The number of hydrogen-bond acceptors (Lipinski definition) is 2. The summed E-state index contributed by atoms with van der Waals surface area (Å²) in [4.78, 5) is 12.4. The maximum Gasteiger partial charge on any atom is 0.303 e. The summed E-state index contributed by atoms with van der Waals surface area (Å²) in [6, 6.07) is 0. The van der Waals surface area contributed by atoms with Crippen molar-refractivity contribution in [3.05, 3.63) is 0 Å². The van der Waals surface area contributed by atoms with E-state index in [1.807, 2.05) is 0 Å². The van der Waals surface area contributed by atoms with Crippen LogP contribution in [0, 0.1) is 57.2 Å². The molecular weight excluding hydrogens is 420 g/mol. The van der Waals surface area contributed by atoms with Gasteiger partial charge in [-0.3, -0.25) is 4.79 Å². The number of rotatable bonds is 7. The normalized spacial score (nSPS) is 46.4. The molecule has 0 heterocycles. The maximum absolute atomic E-state index is 12.4. The van der Waals surface area contributed by atoms with Crippen molar-refractivity contribution >= 4 is 5.97 Å². The monoisotopic (exact) mass is 474 g/mol.